The Morgan fingerprint density at radius 2 is 1.62 bits per heavy atom. The maximum Gasteiger partial charge on any atom is 0.264 e. The number of carbonyl (C=O) groups is 2. The number of anilines is 1. The molecule has 0 aliphatic heterocycles. The highest BCUT2D eigenvalue weighted by Gasteiger charge is 2.34. The van der Waals surface area contributed by atoms with Gasteiger partial charge in [-0.2, -0.15) is 0 Å². The van der Waals surface area contributed by atoms with Gasteiger partial charge >= 0.3 is 0 Å². The lowest BCUT2D eigenvalue weighted by Crippen LogP contribution is -2.51. The van der Waals surface area contributed by atoms with Gasteiger partial charge in [0.25, 0.3) is 10.0 Å². The molecule has 0 unspecified atom stereocenters. The van der Waals surface area contributed by atoms with E-state index < -0.39 is 28.5 Å². The molecule has 1 atom stereocenters. The summed E-state index contributed by atoms with van der Waals surface area (Å²) in [6.07, 6.45) is 0.293. The first-order valence-corrected chi connectivity index (χ1v) is 15.1. The number of sulfonamides is 1. The Hall–Kier alpha value is -3.96. The number of halogens is 1. The van der Waals surface area contributed by atoms with Gasteiger partial charge in [0.1, 0.15) is 18.3 Å². The third kappa shape index (κ3) is 7.46. The quantitative estimate of drug-likeness (QED) is 0.283. The lowest BCUT2D eigenvalue weighted by atomic mass is 10.1. The number of amides is 2. The second-order valence-electron chi connectivity index (χ2n) is 9.11. The minimum atomic E-state index is -4.32. The van der Waals surface area contributed by atoms with Crippen LogP contribution in [0.1, 0.15) is 25.8 Å². The zero-order valence-electron chi connectivity index (χ0n) is 24.3. The number of ether oxygens (including phenoxy) is 3. The van der Waals surface area contributed by atoms with E-state index in [-0.39, 0.29) is 28.8 Å². The van der Waals surface area contributed by atoms with Crippen LogP contribution in [0.25, 0.3) is 0 Å². The molecule has 0 aromatic heterocycles. The average molecular weight is 618 g/mol. The van der Waals surface area contributed by atoms with Crippen LogP contribution in [0.4, 0.5) is 5.69 Å². The number of hydrogen-bond donors (Lipinski definition) is 1. The molecule has 0 aliphatic carbocycles. The summed E-state index contributed by atoms with van der Waals surface area (Å²) in [5.74, 6) is 0.128. The largest absolute Gasteiger partial charge is 0.494 e. The van der Waals surface area contributed by atoms with E-state index in [1.807, 2.05) is 6.92 Å². The summed E-state index contributed by atoms with van der Waals surface area (Å²) < 4.78 is 45.4. The van der Waals surface area contributed by atoms with Crippen LogP contribution < -0.4 is 23.8 Å². The molecule has 0 aliphatic rings. The van der Waals surface area contributed by atoms with Crippen LogP contribution in [0, 0.1) is 0 Å². The topological polar surface area (TPSA) is 114 Å². The molecule has 42 heavy (non-hydrogen) atoms. The van der Waals surface area contributed by atoms with Crippen molar-refractivity contribution in [3.8, 4) is 17.2 Å². The molecule has 3 rings (SSSR count). The standard InChI is InChI=1S/C30H36ClN3O7S/c1-6-26(30(36)32-3)33(19-21-10-8-9-11-25(21)31)29(35)20-34(22-12-14-23(15-13-22)41-7-2)42(37,38)24-16-17-27(39-4)28(18-24)40-5/h8-18,26H,6-7,19-20H2,1-5H3,(H,32,36)/t26-/m0/s1. The Bertz CT molecular complexity index is 1480. The molecule has 0 spiro atoms. The highest BCUT2D eigenvalue weighted by molar-refractivity contribution is 7.92. The van der Waals surface area contributed by atoms with E-state index in [2.05, 4.69) is 5.32 Å². The number of benzene rings is 3. The van der Waals surface area contributed by atoms with E-state index in [1.165, 1.54) is 44.4 Å². The lowest BCUT2D eigenvalue weighted by Gasteiger charge is -2.33. The van der Waals surface area contributed by atoms with Gasteiger partial charge in [0.05, 0.1) is 31.4 Å². The highest BCUT2D eigenvalue weighted by atomic mass is 35.5. The van der Waals surface area contributed by atoms with E-state index in [0.717, 1.165) is 4.31 Å². The number of rotatable bonds is 14. The van der Waals surface area contributed by atoms with Gasteiger partial charge in [-0.05, 0) is 61.4 Å². The van der Waals surface area contributed by atoms with Crippen molar-refractivity contribution in [2.75, 3.05) is 38.7 Å². The van der Waals surface area contributed by atoms with Gasteiger partial charge in [-0.25, -0.2) is 8.42 Å². The highest BCUT2D eigenvalue weighted by Crippen LogP contribution is 2.33. The molecule has 10 nitrogen and oxygen atoms in total. The number of nitrogens with one attached hydrogen (secondary N) is 1. The van der Waals surface area contributed by atoms with Crippen molar-refractivity contribution in [3.63, 3.8) is 0 Å². The summed E-state index contributed by atoms with van der Waals surface area (Å²) in [5.41, 5.74) is 0.845. The minimum Gasteiger partial charge on any atom is -0.494 e. The number of likely N-dealkylation sites (N-methyl/N-ethyl adjacent to an activating group) is 1. The van der Waals surface area contributed by atoms with Gasteiger partial charge in [-0.15, -0.1) is 0 Å². The van der Waals surface area contributed by atoms with Crippen molar-refractivity contribution < 1.29 is 32.2 Å². The fourth-order valence-electron chi connectivity index (χ4n) is 4.40. The molecule has 0 radical (unpaired) electrons. The van der Waals surface area contributed by atoms with Crippen LogP contribution in [-0.2, 0) is 26.2 Å². The second kappa shape index (κ2) is 14.8. The lowest BCUT2D eigenvalue weighted by molar-refractivity contribution is -0.140. The van der Waals surface area contributed by atoms with Crippen molar-refractivity contribution >= 4 is 39.1 Å². The van der Waals surface area contributed by atoms with E-state index in [9.17, 15) is 18.0 Å². The van der Waals surface area contributed by atoms with Crippen LogP contribution in [0.3, 0.4) is 0 Å². The first-order chi connectivity index (χ1) is 20.1. The van der Waals surface area contributed by atoms with Crippen molar-refractivity contribution in [3.05, 3.63) is 77.3 Å². The zero-order chi connectivity index (χ0) is 30.9. The van der Waals surface area contributed by atoms with E-state index >= 15 is 0 Å². The molecule has 226 valence electrons. The maximum absolute atomic E-state index is 14.1. The molecular formula is C30H36ClN3O7S. The number of nitrogens with zero attached hydrogens (tertiary/aromatic N) is 2. The molecule has 12 heteroatoms. The van der Waals surface area contributed by atoms with Crippen molar-refractivity contribution in [2.24, 2.45) is 0 Å². The molecular weight excluding hydrogens is 582 g/mol. The Kier molecular flexibility index (Phi) is 11.5. The smallest absolute Gasteiger partial charge is 0.264 e. The summed E-state index contributed by atoms with van der Waals surface area (Å²) in [4.78, 5) is 28.2. The normalized spacial score (nSPS) is 11.8. The van der Waals surface area contributed by atoms with Crippen LogP contribution >= 0.6 is 11.6 Å². The predicted octanol–water partition coefficient (Wildman–Crippen LogP) is 4.50. The fraction of sp³-hybridized carbons (Fsp3) is 0.333. The number of carbonyl (C=O) groups excluding carboxylic acids is 2. The predicted molar refractivity (Wildman–Crippen MR) is 162 cm³/mol. The van der Waals surface area contributed by atoms with Gasteiger partial charge in [-0.1, -0.05) is 36.7 Å². The molecule has 0 fully saturated rings. The van der Waals surface area contributed by atoms with Crippen molar-refractivity contribution in [1.29, 1.82) is 0 Å². The van der Waals surface area contributed by atoms with Gasteiger partial charge < -0.3 is 24.4 Å². The zero-order valence-corrected chi connectivity index (χ0v) is 25.9. The Morgan fingerprint density at radius 3 is 2.19 bits per heavy atom. The third-order valence-corrected chi connectivity index (χ3v) is 8.73. The Labute approximate surface area is 252 Å². The summed E-state index contributed by atoms with van der Waals surface area (Å²) in [6.45, 7) is 3.45. The second-order valence-corrected chi connectivity index (χ2v) is 11.4. The van der Waals surface area contributed by atoms with Gasteiger partial charge in [-0.3, -0.25) is 13.9 Å². The van der Waals surface area contributed by atoms with E-state index in [0.29, 0.717) is 35.1 Å². The van der Waals surface area contributed by atoms with Crippen LogP contribution in [0.5, 0.6) is 17.2 Å². The molecule has 0 bridgehead atoms. The van der Waals surface area contributed by atoms with Gasteiger partial charge in [0.15, 0.2) is 11.5 Å². The SMILES string of the molecule is CCOc1ccc(N(CC(=O)N(Cc2ccccc2Cl)[C@@H](CC)C(=O)NC)S(=O)(=O)c2ccc(OC)c(OC)c2)cc1. The van der Waals surface area contributed by atoms with Gasteiger partial charge in [0, 0.05) is 24.7 Å². The molecule has 0 heterocycles. The first-order valence-electron chi connectivity index (χ1n) is 13.3. The van der Waals surface area contributed by atoms with E-state index in [4.69, 9.17) is 25.8 Å². The molecule has 1 N–H and O–H groups in total. The Morgan fingerprint density at radius 1 is 0.952 bits per heavy atom. The molecule has 3 aromatic rings. The number of hydrogen-bond acceptors (Lipinski definition) is 7. The van der Waals surface area contributed by atoms with Gasteiger partial charge in [0.2, 0.25) is 11.8 Å². The first kappa shape index (κ1) is 32.6. The molecule has 3 aromatic carbocycles. The summed E-state index contributed by atoms with van der Waals surface area (Å²) in [6, 6.07) is 16.7. The van der Waals surface area contributed by atoms with Crippen molar-refractivity contribution in [1.82, 2.24) is 10.2 Å². The maximum atomic E-state index is 14.1. The minimum absolute atomic E-state index is 0.00203. The van der Waals surface area contributed by atoms with Crippen molar-refractivity contribution in [2.45, 2.75) is 37.8 Å². The Balaban J connectivity index is 2.11. The molecule has 0 saturated carbocycles. The average Bonchev–Trinajstić information content (AvgIpc) is 3.00. The molecule has 2 amide bonds. The van der Waals surface area contributed by atoms with E-state index in [1.54, 1.807) is 55.5 Å². The number of methoxy groups -OCH3 is 2. The summed E-state index contributed by atoms with van der Waals surface area (Å²) >= 11 is 6.40. The van der Waals surface area contributed by atoms with Crippen LogP contribution in [0.15, 0.2) is 71.6 Å². The summed E-state index contributed by atoms with van der Waals surface area (Å²) in [7, 11) is 0.00780. The van der Waals surface area contributed by atoms with Crippen LogP contribution in [0.2, 0.25) is 5.02 Å². The monoisotopic (exact) mass is 617 g/mol. The fourth-order valence-corrected chi connectivity index (χ4v) is 6.03. The third-order valence-electron chi connectivity index (χ3n) is 6.59. The summed E-state index contributed by atoms with van der Waals surface area (Å²) in [5, 5.41) is 3.02. The molecule has 0 saturated heterocycles. The van der Waals surface area contributed by atoms with Crippen LogP contribution in [-0.4, -0.2) is 65.6 Å².